The largest absolute Gasteiger partial charge is 0.497 e. The van der Waals surface area contributed by atoms with Gasteiger partial charge in [-0.25, -0.2) is 0 Å². The van der Waals surface area contributed by atoms with Crippen molar-refractivity contribution in [1.82, 2.24) is 0 Å². The third-order valence-corrected chi connectivity index (χ3v) is 3.85. The maximum atomic E-state index is 6.09. The van der Waals surface area contributed by atoms with Crippen LogP contribution in [0.15, 0.2) is 54.6 Å². The summed E-state index contributed by atoms with van der Waals surface area (Å²) in [5, 5.41) is 0. The molecule has 0 saturated carbocycles. The van der Waals surface area contributed by atoms with Gasteiger partial charge in [-0.2, -0.15) is 0 Å². The van der Waals surface area contributed by atoms with Crippen molar-refractivity contribution < 1.29 is 9.47 Å². The van der Waals surface area contributed by atoms with Gasteiger partial charge in [0.25, 0.3) is 0 Å². The summed E-state index contributed by atoms with van der Waals surface area (Å²) in [4.78, 5) is 0. The van der Waals surface area contributed by atoms with Crippen molar-refractivity contribution in [1.29, 1.82) is 0 Å². The van der Waals surface area contributed by atoms with Gasteiger partial charge >= 0.3 is 0 Å². The maximum Gasteiger partial charge on any atom is 0.119 e. The molecule has 2 rings (SSSR count). The van der Waals surface area contributed by atoms with Crippen LogP contribution in [0, 0.1) is 5.92 Å². The number of para-hydroxylation sites is 1. The first-order valence-electron chi connectivity index (χ1n) is 7.18. The van der Waals surface area contributed by atoms with E-state index in [1.54, 1.807) is 7.11 Å². The van der Waals surface area contributed by atoms with E-state index in [1.807, 2.05) is 42.5 Å². The summed E-state index contributed by atoms with van der Waals surface area (Å²) >= 11 is 6.09. The van der Waals surface area contributed by atoms with Crippen LogP contribution in [0.1, 0.15) is 12.0 Å². The van der Waals surface area contributed by atoms with Crippen molar-refractivity contribution in [2.45, 2.75) is 12.8 Å². The zero-order valence-corrected chi connectivity index (χ0v) is 13.1. The van der Waals surface area contributed by atoms with E-state index in [-0.39, 0.29) is 0 Å². The number of alkyl halides is 1. The smallest absolute Gasteiger partial charge is 0.119 e. The maximum absolute atomic E-state index is 6.09. The lowest BCUT2D eigenvalue weighted by Gasteiger charge is -2.15. The first-order valence-corrected chi connectivity index (χ1v) is 7.72. The van der Waals surface area contributed by atoms with Crippen LogP contribution in [-0.2, 0) is 6.42 Å². The van der Waals surface area contributed by atoms with Crippen molar-refractivity contribution >= 4 is 11.6 Å². The van der Waals surface area contributed by atoms with Crippen LogP contribution in [0.2, 0.25) is 0 Å². The molecule has 0 heterocycles. The van der Waals surface area contributed by atoms with Crippen molar-refractivity contribution in [3.05, 3.63) is 60.2 Å². The Kier molecular flexibility index (Phi) is 6.42. The van der Waals surface area contributed by atoms with E-state index in [9.17, 15) is 0 Å². The van der Waals surface area contributed by atoms with Crippen molar-refractivity contribution in [2.24, 2.45) is 5.92 Å². The van der Waals surface area contributed by atoms with E-state index in [0.29, 0.717) is 18.4 Å². The summed E-state index contributed by atoms with van der Waals surface area (Å²) in [6.45, 7) is 0.686. The van der Waals surface area contributed by atoms with Gasteiger partial charge in [0, 0.05) is 5.88 Å². The Morgan fingerprint density at radius 2 is 1.76 bits per heavy atom. The predicted molar refractivity (Wildman–Crippen MR) is 87.5 cm³/mol. The highest BCUT2D eigenvalue weighted by Crippen LogP contribution is 2.19. The molecule has 2 aromatic rings. The molecule has 0 aromatic heterocycles. The average Bonchev–Trinajstić information content (AvgIpc) is 2.55. The molecule has 3 heteroatoms. The van der Waals surface area contributed by atoms with E-state index >= 15 is 0 Å². The molecular weight excluding hydrogens is 284 g/mol. The van der Waals surface area contributed by atoms with Gasteiger partial charge in [0.2, 0.25) is 0 Å². The number of rotatable bonds is 8. The minimum atomic E-state index is 0.405. The molecule has 0 aliphatic carbocycles. The van der Waals surface area contributed by atoms with E-state index in [2.05, 4.69) is 12.1 Å². The molecule has 21 heavy (non-hydrogen) atoms. The predicted octanol–water partition coefficient (Wildman–Crippen LogP) is 4.56. The zero-order valence-electron chi connectivity index (χ0n) is 12.3. The highest BCUT2D eigenvalue weighted by molar-refractivity contribution is 6.18. The molecule has 112 valence electrons. The van der Waals surface area contributed by atoms with Gasteiger partial charge in [0.1, 0.15) is 11.5 Å². The van der Waals surface area contributed by atoms with Gasteiger partial charge in [0.05, 0.1) is 13.7 Å². The lowest BCUT2D eigenvalue weighted by molar-refractivity contribution is 0.284. The van der Waals surface area contributed by atoms with Crippen LogP contribution in [-0.4, -0.2) is 19.6 Å². The lowest BCUT2D eigenvalue weighted by atomic mass is 9.98. The van der Waals surface area contributed by atoms with Crippen molar-refractivity contribution in [3.8, 4) is 11.5 Å². The quantitative estimate of drug-likeness (QED) is 0.666. The minimum Gasteiger partial charge on any atom is -0.497 e. The van der Waals surface area contributed by atoms with Gasteiger partial charge in [-0.05, 0) is 48.6 Å². The van der Waals surface area contributed by atoms with E-state index < -0.39 is 0 Å². The van der Waals surface area contributed by atoms with Crippen LogP contribution in [0.25, 0.3) is 0 Å². The minimum absolute atomic E-state index is 0.405. The van der Waals surface area contributed by atoms with Gasteiger partial charge in [0.15, 0.2) is 0 Å². The van der Waals surface area contributed by atoms with Crippen LogP contribution >= 0.6 is 11.6 Å². The molecule has 1 atom stereocenters. The third-order valence-electron chi connectivity index (χ3n) is 3.41. The number of ether oxygens (including phenoxy) is 2. The van der Waals surface area contributed by atoms with Crippen LogP contribution in [0.5, 0.6) is 11.5 Å². The number of hydrogen-bond acceptors (Lipinski definition) is 2. The fourth-order valence-electron chi connectivity index (χ4n) is 2.23. The van der Waals surface area contributed by atoms with Gasteiger partial charge in [-0.1, -0.05) is 30.3 Å². The number of hydrogen-bond donors (Lipinski definition) is 0. The Bertz CT molecular complexity index is 528. The Hall–Kier alpha value is -1.67. The Morgan fingerprint density at radius 3 is 2.48 bits per heavy atom. The first kappa shape index (κ1) is 15.7. The molecule has 1 unspecified atom stereocenters. The molecule has 2 nitrogen and oxygen atoms in total. The van der Waals surface area contributed by atoms with Crippen LogP contribution in [0.3, 0.4) is 0 Å². The fourth-order valence-corrected chi connectivity index (χ4v) is 2.49. The average molecular weight is 305 g/mol. The van der Waals surface area contributed by atoms with Crippen LogP contribution < -0.4 is 9.47 Å². The molecule has 2 aromatic carbocycles. The molecule has 0 bridgehead atoms. The standard InChI is InChI=1S/C18H21ClO2/c1-20-18-9-5-6-15(13-18)12-16(14-19)10-11-21-17-7-3-2-4-8-17/h2-9,13,16H,10-12,14H2,1H3. The fraction of sp³-hybridized carbons (Fsp3) is 0.333. The highest BCUT2D eigenvalue weighted by Gasteiger charge is 2.09. The van der Waals surface area contributed by atoms with Gasteiger partial charge in [-0.15, -0.1) is 11.6 Å². The Labute approximate surface area is 131 Å². The SMILES string of the molecule is COc1cccc(CC(CCl)CCOc2ccccc2)c1. The summed E-state index contributed by atoms with van der Waals surface area (Å²) in [6, 6.07) is 18.0. The number of methoxy groups -OCH3 is 1. The molecule has 0 radical (unpaired) electrons. The molecule has 0 amide bonds. The first-order chi connectivity index (χ1) is 10.3. The summed E-state index contributed by atoms with van der Waals surface area (Å²) < 4.78 is 11.0. The third kappa shape index (κ3) is 5.31. The second kappa shape index (κ2) is 8.58. The normalized spacial score (nSPS) is 11.9. The molecule has 0 saturated heterocycles. The molecular formula is C18H21ClO2. The highest BCUT2D eigenvalue weighted by atomic mass is 35.5. The van der Waals surface area contributed by atoms with Crippen molar-refractivity contribution in [2.75, 3.05) is 19.6 Å². The summed E-state index contributed by atoms with van der Waals surface area (Å²) in [5.41, 5.74) is 1.25. The molecule has 0 aliphatic rings. The Morgan fingerprint density at radius 1 is 1.00 bits per heavy atom. The molecule has 0 N–H and O–H groups in total. The van der Waals surface area contributed by atoms with E-state index in [4.69, 9.17) is 21.1 Å². The topological polar surface area (TPSA) is 18.5 Å². The van der Waals surface area contributed by atoms with E-state index in [0.717, 1.165) is 24.3 Å². The molecule has 0 fully saturated rings. The molecule has 0 aliphatic heterocycles. The summed E-state index contributed by atoms with van der Waals surface area (Å²) in [7, 11) is 1.69. The number of halogens is 1. The monoisotopic (exact) mass is 304 g/mol. The number of benzene rings is 2. The van der Waals surface area contributed by atoms with E-state index in [1.165, 1.54) is 5.56 Å². The second-order valence-electron chi connectivity index (χ2n) is 5.03. The lowest BCUT2D eigenvalue weighted by Crippen LogP contribution is -2.11. The zero-order chi connectivity index (χ0) is 14.9. The van der Waals surface area contributed by atoms with Gasteiger partial charge < -0.3 is 9.47 Å². The molecule has 0 spiro atoms. The summed E-state index contributed by atoms with van der Waals surface area (Å²) in [5.74, 6) is 2.84. The second-order valence-corrected chi connectivity index (χ2v) is 5.33. The van der Waals surface area contributed by atoms with Crippen molar-refractivity contribution in [3.63, 3.8) is 0 Å². The van der Waals surface area contributed by atoms with Gasteiger partial charge in [-0.3, -0.25) is 0 Å². The Balaban J connectivity index is 1.82. The summed E-state index contributed by atoms with van der Waals surface area (Å²) in [6.07, 6.45) is 1.88. The van der Waals surface area contributed by atoms with Crippen LogP contribution in [0.4, 0.5) is 0 Å².